The molecule has 0 atom stereocenters. The second kappa shape index (κ2) is 6.16. The minimum absolute atomic E-state index is 0.00253. The quantitative estimate of drug-likeness (QED) is 0.790. The van der Waals surface area contributed by atoms with Crippen LogP contribution in [0.4, 0.5) is 4.39 Å². The second-order valence-electron chi connectivity index (χ2n) is 5.06. The highest BCUT2D eigenvalue weighted by Crippen LogP contribution is 2.34. The number of aromatic carboxylic acids is 1. The predicted octanol–water partition coefficient (Wildman–Crippen LogP) is 3.76. The summed E-state index contributed by atoms with van der Waals surface area (Å²) in [5, 5.41) is 9.71. The van der Waals surface area contributed by atoms with E-state index in [4.69, 9.17) is 9.47 Å². The van der Waals surface area contributed by atoms with Crippen LogP contribution in [0, 0.1) is 5.82 Å². The first-order valence-corrected chi connectivity index (χ1v) is 7.10. The Bertz CT molecular complexity index is 940. The first-order valence-electron chi connectivity index (χ1n) is 7.10. The van der Waals surface area contributed by atoms with Crippen LogP contribution < -0.4 is 9.47 Å². The fourth-order valence-electron chi connectivity index (χ4n) is 2.54. The zero-order valence-corrected chi connectivity index (χ0v) is 13.0. The third-order valence-electron chi connectivity index (χ3n) is 3.70. The van der Waals surface area contributed by atoms with E-state index in [1.165, 1.54) is 38.5 Å². The van der Waals surface area contributed by atoms with Gasteiger partial charge in [0, 0.05) is 10.9 Å². The van der Waals surface area contributed by atoms with Crippen molar-refractivity contribution in [2.75, 3.05) is 14.2 Å². The van der Waals surface area contributed by atoms with Crippen LogP contribution in [0.5, 0.6) is 11.5 Å². The lowest BCUT2D eigenvalue weighted by atomic mass is 10.0. The van der Waals surface area contributed by atoms with Gasteiger partial charge in [-0.05, 0) is 30.3 Å². The summed E-state index contributed by atoms with van der Waals surface area (Å²) in [6.07, 6.45) is 0. The Morgan fingerprint density at radius 3 is 2.58 bits per heavy atom. The van der Waals surface area contributed by atoms with Crippen molar-refractivity contribution in [2.24, 2.45) is 0 Å². The Morgan fingerprint density at radius 2 is 1.92 bits per heavy atom. The van der Waals surface area contributed by atoms with E-state index in [0.717, 1.165) is 0 Å². The molecule has 0 bridgehead atoms. The zero-order chi connectivity index (χ0) is 17.3. The Morgan fingerprint density at radius 1 is 1.12 bits per heavy atom. The molecule has 0 radical (unpaired) electrons. The summed E-state index contributed by atoms with van der Waals surface area (Å²) in [7, 11) is 3.01. The molecule has 1 heterocycles. The Hall–Kier alpha value is -3.15. The van der Waals surface area contributed by atoms with Crippen molar-refractivity contribution in [3.05, 3.63) is 53.8 Å². The normalized spacial score (nSPS) is 10.6. The number of fused-ring (bicyclic) bond motifs is 1. The van der Waals surface area contributed by atoms with E-state index in [9.17, 15) is 14.3 Å². The number of carbonyl (C=O) groups is 1. The molecule has 0 aliphatic rings. The predicted molar refractivity (Wildman–Crippen MR) is 87.2 cm³/mol. The number of benzene rings is 2. The summed E-state index contributed by atoms with van der Waals surface area (Å²) >= 11 is 0. The molecule has 0 saturated heterocycles. The molecular weight excluding hydrogens is 313 g/mol. The van der Waals surface area contributed by atoms with Crippen LogP contribution in [0.3, 0.4) is 0 Å². The largest absolute Gasteiger partial charge is 0.497 e. The highest BCUT2D eigenvalue weighted by Gasteiger charge is 2.17. The lowest BCUT2D eigenvalue weighted by molar-refractivity contribution is 0.0699. The lowest BCUT2D eigenvalue weighted by Gasteiger charge is -2.12. The third kappa shape index (κ3) is 2.62. The third-order valence-corrected chi connectivity index (χ3v) is 3.70. The maximum Gasteiger partial charge on any atom is 0.336 e. The smallest absolute Gasteiger partial charge is 0.336 e. The fraction of sp³-hybridized carbons (Fsp3) is 0.111. The number of methoxy groups -OCH3 is 2. The van der Waals surface area contributed by atoms with E-state index < -0.39 is 11.8 Å². The Kier molecular flexibility index (Phi) is 4.04. The summed E-state index contributed by atoms with van der Waals surface area (Å²) in [6, 6.07) is 10.7. The monoisotopic (exact) mass is 327 g/mol. The first kappa shape index (κ1) is 15.7. The van der Waals surface area contributed by atoms with Gasteiger partial charge >= 0.3 is 5.97 Å². The van der Waals surface area contributed by atoms with Crippen LogP contribution in [0.15, 0.2) is 42.5 Å². The topological polar surface area (TPSA) is 68.7 Å². The van der Waals surface area contributed by atoms with Crippen LogP contribution in [-0.4, -0.2) is 30.3 Å². The molecule has 2 aromatic carbocycles. The van der Waals surface area contributed by atoms with Gasteiger partial charge < -0.3 is 14.6 Å². The van der Waals surface area contributed by atoms with Crippen LogP contribution in [0.25, 0.3) is 22.2 Å². The Labute approximate surface area is 137 Å². The minimum Gasteiger partial charge on any atom is -0.497 e. The molecule has 122 valence electrons. The summed E-state index contributed by atoms with van der Waals surface area (Å²) < 4.78 is 24.6. The molecule has 0 saturated carbocycles. The molecule has 0 spiro atoms. The SMILES string of the molecule is COc1ccc(OC)c(-c2cc(C(=O)O)c3cccc(F)c3n2)c1. The van der Waals surface area contributed by atoms with Gasteiger partial charge in [-0.3, -0.25) is 0 Å². The van der Waals surface area contributed by atoms with E-state index in [1.54, 1.807) is 18.2 Å². The molecule has 3 aromatic rings. The average Bonchev–Trinajstić information content (AvgIpc) is 2.60. The van der Waals surface area contributed by atoms with Gasteiger partial charge in [0.05, 0.1) is 25.5 Å². The number of carboxylic acid groups (broad SMARTS) is 1. The van der Waals surface area contributed by atoms with Crippen molar-refractivity contribution in [1.29, 1.82) is 0 Å². The van der Waals surface area contributed by atoms with Crippen LogP contribution in [-0.2, 0) is 0 Å². The number of hydrogen-bond donors (Lipinski definition) is 1. The number of nitrogens with zero attached hydrogens (tertiary/aromatic N) is 1. The standard InChI is InChI=1S/C18H14FNO4/c1-23-10-6-7-16(24-2)13(8-10)15-9-12(18(21)22)11-4-3-5-14(19)17(11)20-15/h3-9H,1-2H3,(H,21,22). The van der Waals surface area contributed by atoms with Gasteiger partial charge in [-0.1, -0.05) is 12.1 Å². The molecule has 0 aliphatic carbocycles. The van der Waals surface area contributed by atoms with Gasteiger partial charge in [-0.25, -0.2) is 14.2 Å². The summed E-state index contributed by atoms with van der Waals surface area (Å²) in [4.78, 5) is 15.9. The highest BCUT2D eigenvalue weighted by atomic mass is 19.1. The minimum atomic E-state index is -1.16. The molecule has 1 aromatic heterocycles. The number of pyridine rings is 1. The molecule has 6 heteroatoms. The molecule has 0 aliphatic heterocycles. The van der Waals surface area contributed by atoms with Gasteiger partial charge in [-0.15, -0.1) is 0 Å². The van der Waals surface area contributed by atoms with Gasteiger partial charge in [0.15, 0.2) is 0 Å². The fourth-order valence-corrected chi connectivity index (χ4v) is 2.54. The number of para-hydroxylation sites is 1. The van der Waals surface area contributed by atoms with E-state index in [0.29, 0.717) is 22.8 Å². The van der Waals surface area contributed by atoms with Crippen LogP contribution >= 0.6 is 0 Å². The van der Waals surface area contributed by atoms with Crippen molar-refractivity contribution in [1.82, 2.24) is 4.98 Å². The number of aromatic nitrogens is 1. The number of rotatable bonds is 4. The molecule has 0 fully saturated rings. The number of halogens is 1. The van der Waals surface area contributed by atoms with E-state index in [1.807, 2.05) is 0 Å². The number of carboxylic acids is 1. The highest BCUT2D eigenvalue weighted by molar-refractivity contribution is 6.04. The Balaban J connectivity index is 2.35. The first-order chi connectivity index (χ1) is 11.5. The number of hydrogen-bond acceptors (Lipinski definition) is 4. The van der Waals surface area contributed by atoms with Gasteiger partial charge in [0.1, 0.15) is 22.8 Å². The van der Waals surface area contributed by atoms with Gasteiger partial charge in [-0.2, -0.15) is 0 Å². The van der Waals surface area contributed by atoms with Crippen molar-refractivity contribution < 1.29 is 23.8 Å². The van der Waals surface area contributed by atoms with E-state index in [-0.39, 0.29) is 16.5 Å². The molecule has 24 heavy (non-hydrogen) atoms. The van der Waals surface area contributed by atoms with Gasteiger partial charge in [0.2, 0.25) is 0 Å². The number of ether oxygens (including phenoxy) is 2. The molecule has 1 N–H and O–H groups in total. The maximum atomic E-state index is 14.1. The molecule has 0 unspecified atom stereocenters. The lowest BCUT2D eigenvalue weighted by Crippen LogP contribution is -2.02. The van der Waals surface area contributed by atoms with E-state index >= 15 is 0 Å². The average molecular weight is 327 g/mol. The zero-order valence-electron chi connectivity index (χ0n) is 13.0. The van der Waals surface area contributed by atoms with Gasteiger partial charge in [0.25, 0.3) is 0 Å². The van der Waals surface area contributed by atoms with Crippen molar-refractivity contribution >= 4 is 16.9 Å². The molecule has 5 nitrogen and oxygen atoms in total. The molecule has 3 rings (SSSR count). The maximum absolute atomic E-state index is 14.1. The summed E-state index contributed by atoms with van der Waals surface area (Å²) in [5.74, 6) is -0.705. The van der Waals surface area contributed by atoms with Crippen molar-refractivity contribution in [3.63, 3.8) is 0 Å². The van der Waals surface area contributed by atoms with Crippen molar-refractivity contribution in [3.8, 4) is 22.8 Å². The second-order valence-corrected chi connectivity index (χ2v) is 5.06. The molecular formula is C18H14FNO4. The van der Waals surface area contributed by atoms with Crippen LogP contribution in [0.1, 0.15) is 10.4 Å². The van der Waals surface area contributed by atoms with E-state index in [2.05, 4.69) is 4.98 Å². The summed E-state index contributed by atoms with van der Waals surface area (Å²) in [6.45, 7) is 0. The summed E-state index contributed by atoms with van der Waals surface area (Å²) in [5.41, 5.74) is 0.780. The van der Waals surface area contributed by atoms with Crippen molar-refractivity contribution in [2.45, 2.75) is 0 Å². The van der Waals surface area contributed by atoms with Crippen LogP contribution in [0.2, 0.25) is 0 Å². The molecule has 0 amide bonds.